The summed E-state index contributed by atoms with van der Waals surface area (Å²) in [5, 5.41) is 14.6. The van der Waals surface area contributed by atoms with Gasteiger partial charge in [0.05, 0.1) is 9.95 Å². The van der Waals surface area contributed by atoms with Crippen molar-refractivity contribution in [3.8, 4) is 0 Å². The van der Waals surface area contributed by atoms with E-state index >= 15 is 0 Å². The van der Waals surface area contributed by atoms with Crippen molar-refractivity contribution < 1.29 is 9.72 Å². The number of nitrogens with one attached hydrogen (secondary N) is 1. The maximum atomic E-state index is 12.1. The van der Waals surface area contributed by atoms with Gasteiger partial charge >= 0.3 is 0 Å². The second-order valence-electron chi connectivity index (χ2n) is 5.18. The minimum Gasteiger partial charge on any atom is -0.351 e. The average Bonchev–Trinajstić information content (AvgIpc) is 2.35. The molecule has 5 nitrogen and oxygen atoms in total. The van der Waals surface area contributed by atoms with Crippen LogP contribution in [0.1, 0.15) is 30.6 Å². The third-order valence-corrected chi connectivity index (χ3v) is 3.63. The van der Waals surface area contributed by atoms with Gasteiger partial charge in [0, 0.05) is 17.9 Å². The van der Waals surface area contributed by atoms with Crippen LogP contribution in [-0.4, -0.2) is 22.7 Å². The van der Waals surface area contributed by atoms with E-state index in [9.17, 15) is 14.9 Å². The van der Waals surface area contributed by atoms with Crippen molar-refractivity contribution in [3.05, 3.63) is 38.9 Å². The van der Waals surface area contributed by atoms with E-state index in [4.69, 9.17) is 11.6 Å². The first-order valence-corrected chi connectivity index (χ1v) is 7.55. The smallest absolute Gasteiger partial charge is 0.283 e. The van der Waals surface area contributed by atoms with E-state index in [1.165, 1.54) is 18.2 Å². The van der Waals surface area contributed by atoms with E-state index in [-0.39, 0.29) is 21.7 Å². The molecule has 0 bridgehead atoms. The second kappa shape index (κ2) is 7.04. The van der Waals surface area contributed by atoms with Gasteiger partial charge in [-0.3, -0.25) is 14.9 Å². The van der Waals surface area contributed by atoms with Gasteiger partial charge in [-0.25, -0.2) is 0 Å². The van der Waals surface area contributed by atoms with Gasteiger partial charge in [-0.2, -0.15) is 0 Å². The number of rotatable bonds is 6. The van der Waals surface area contributed by atoms with E-state index in [2.05, 4.69) is 21.2 Å². The van der Waals surface area contributed by atoms with Crippen molar-refractivity contribution in [1.82, 2.24) is 5.32 Å². The van der Waals surface area contributed by atoms with Crippen LogP contribution >= 0.6 is 27.5 Å². The molecule has 1 amide bonds. The Labute approximate surface area is 131 Å². The summed E-state index contributed by atoms with van der Waals surface area (Å²) in [5.74, 6) is -0.523. The summed E-state index contributed by atoms with van der Waals surface area (Å²) < 4.78 is 0. The summed E-state index contributed by atoms with van der Waals surface area (Å²) in [5.41, 5.74) is -0.475. The van der Waals surface area contributed by atoms with Crippen LogP contribution in [0, 0.1) is 15.5 Å². The maximum absolute atomic E-state index is 12.1. The largest absolute Gasteiger partial charge is 0.351 e. The molecule has 0 heterocycles. The van der Waals surface area contributed by atoms with Crippen molar-refractivity contribution in [2.75, 3.05) is 11.9 Å². The summed E-state index contributed by atoms with van der Waals surface area (Å²) in [6, 6.07) is 4.18. The second-order valence-corrected chi connectivity index (χ2v) is 6.38. The third-order valence-electron chi connectivity index (χ3n) is 2.91. The maximum Gasteiger partial charge on any atom is 0.283 e. The summed E-state index contributed by atoms with van der Waals surface area (Å²) in [4.78, 5) is 22.5. The lowest BCUT2D eigenvalue weighted by Gasteiger charge is -2.23. The topological polar surface area (TPSA) is 72.2 Å². The van der Waals surface area contributed by atoms with E-state index < -0.39 is 10.8 Å². The molecule has 7 heteroatoms. The van der Waals surface area contributed by atoms with Crippen LogP contribution in [0.3, 0.4) is 0 Å². The lowest BCUT2D eigenvalue weighted by Crippen LogP contribution is -2.34. The molecule has 0 aromatic heterocycles. The van der Waals surface area contributed by atoms with E-state index in [0.29, 0.717) is 6.54 Å². The van der Waals surface area contributed by atoms with Crippen LogP contribution in [0.4, 0.5) is 5.69 Å². The summed E-state index contributed by atoms with van der Waals surface area (Å²) in [6.07, 6.45) is 0.873. The predicted molar refractivity (Wildman–Crippen MR) is 82.6 cm³/mol. The average molecular weight is 364 g/mol. The standard InChI is InChI=1S/C13H16BrClN2O3/c1-13(2,6-7-14)8-16-12(18)11-9(15)4-3-5-10(11)17(19)20/h3-5H,6-8H2,1-2H3,(H,16,18). The molecule has 0 saturated heterocycles. The minimum absolute atomic E-state index is 0.0787. The van der Waals surface area contributed by atoms with Gasteiger partial charge in [0.1, 0.15) is 5.56 Å². The van der Waals surface area contributed by atoms with Crippen LogP contribution < -0.4 is 5.32 Å². The Bertz CT molecular complexity index is 520. The van der Waals surface area contributed by atoms with Crippen LogP contribution in [-0.2, 0) is 0 Å². The van der Waals surface area contributed by atoms with Crippen molar-refractivity contribution in [3.63, 3.8) is 0 Å². The SMILES string of the molecule is CC(C)(CCBr)CNC(=O)c1c(Cl)cccc1[N+](=O)[O-]. The Kier molecular flexibility index (Phi) is 5.95. The zero-order chi connectivity index (χ0) is 15.3. The number of nitrogens with zero attached hydrogens (tertiary/aromatic N) is 1. The van der Waals surface area contributed by atoms with Gasteiger partial charge in [-0.15, -0.1) is 0 Å². The Balaban J connectivity index is 2.91. The number of carbonyl (C=O) groups excluding carboxylic acids is 1. The molecule has 0 fully saturated rings. The number of carbonyl (C=O) groups is 1. The fourth-order valence-electron chi connectivity index (χ4n) is 1.64. The van der Waals surface area contributed by atoms with Crippen LogP contribution in [0.25, 0.3) is 0 Å². The zero-order valence-corrected chi connectivity index (χ0v) is 13.6. The molecule has 0 atom stereocenters. The summed E-state index contributed by atoms with van der Waals surface area (Å²) >= 11 is 9.26. The lowest BCUT2D eigenvalue weighted by atomic mass is 9.90. The molecule has 1 N–H and O–H groups in total. The molecule has 0 spiro atoms. The highest BCUT2D eigenvalue weighted by Crippen LogP contribution is 2.26. The van der Waals surface area contributed by atoms with Gasteiger partial charge in [-0.1, -0.05) is 47.4 Å². The third kappa shape index (κ3) is 4.45. The fraction of sp³-hybridized carbons (Fsp3) is 0.462. The number of nitro groups is 1. The monoisotopic (exact) mass is 362 g/mol. The number of halogens is 2. The van der Waals surface area contributed by atoms with Crippen LogP contribution in [0.15, 0.2) is 18.2 Å². The molecule has 1 rings (SSSR count). The summed E-state index contributed by atoms with van der Waals surface area (Å²) in [7, 11) is 0. The predicted octanol–water partition coefficient (Wildman–Crippen LogP) is 3.79. The highest BCUT2D eigenvalue weighted by Gasteiger charge is 2.25. The van der Waals surface area contributed by atoms with E-state index in [0.717, 1.165) is 11.8 Å². The zero-order valence-electron chi connectivity index (χ0n) is 11.3. The van der Waals surface area contributed by atoms with Crippen molar-refractivity contribution >= 4 is 39.1 Å². The fourth-order valence-corrected chi connectivity index (χ4v) is 2.97. The molecule has 1 aromatic carbocycles. The first-order chi connectivity index (χ1) is 9.28. The van der Waals surface area contributed by atoms with Crippen molar-refractivity contribution in [2.24, 2.45) is 5.41 Å². The van der Waals surface area contributed by atoms with Crippen molar-refractivity contribution in [2.45, 2.75) is 20.3 Å². The quantitative estimate of drug-likeness (QED) is 0.475. The normalized spacial score (nSPS) is 11.2. The van der Waals surface area contributed by atoms with Gasteiger partial charge < -0.3 is 5.32 Å². The highest BCUT2D eigenvalue weighted by molar-refractivity contribution is 9.09. The number of amides is 1. The minimum atomic E-state index is -0.607. The number of nitro benzene ring substituents is 1. The Morgan fingerprint density at radius 1 is 1.50 bits per heavy atom. The van der Waals surface area contributed by atoms with Gasteiger partial charge in [0.15, 0.2) is 0 Å². The molecule has 0 aliphatic heterocycles. The lowest BCUT2D eigenvalue weighted by molar-refractivity contribution is -0.385. The molecule has 0 aliphatic carbocycles. The molecule has 20 heavy (non-hydrogen) atoms. The molecule has 110 valence electrons. The summed E-state index contributed by atoms with van der Waals surface area (Å²) in [6.45, 7) is 4.44. The van der Waals surface area contributed by atoms with Crippen LogP contribution in [0.2, 0.25) is 5.02 Å². The molecular weight excluding hydrogens is 348 g/mol. The Hall–Kier alpha value is -1.14. The van der Waals surface area contributed by atoms with Gasteiger partial charge in [-0.05, 0) is 17.9 Å². The molecule has 0 unspecified atom stereocenters. The molecule has 1 aromatic rings. The van der Waals surface area contributed by atoms with E-state index in [1.807, 2.05) is 13.8 Å². The molecule has 0 aliphatic rings. The molecule has 0 saturated carbocycles. The Morgan fingerprint density at radius 3 is 2.70 bits per heavy atom. The first-order valence-electron chi connectivity index (χ1n) is 6.05. The molecule has 0 radical (unpaired) electrons. The molecular formula is C13H16BrClN2O3. The van der Waals surface area contributed by atoms with E-state index in [1.54, 1.807) is 0 Å². The van der Waals surface area contributed by atoms with Gasteiger partial charge in [0.25, 0.3) is 11.6 Å². The number of benzene rings is 1. The Morgan fingerprint density at radius 2 is 2.15 bits per heavy atom. The first kappa shape index (κ1) is 16.9. The van der Waals surface area contributed by atoms with Crippen molar-refractivity contribution in [1.29, 1.82) is 0 Å². The number of hydrogen-bond donors (Lipinski definition) is 1. The number of hydrogen-bond acceptors (Lipinski definition) is 3. The van der Waals surface area contributed by atoms with Gasteiger partial charge in [0.2, 0.25) is 0 Å². The van der Waals surface area contributed by atoms with Crippen LogP contribution in [0.5, 0.6) is 0 Å². The number of alkyl halides is 1. The highest BCUT2D eigenvalue weighted by atomic mass is 79.9.